The third kappa shape index (κ3) is 3.92. The summed E-state index contributed by atoms with van der Waals surface area (Å²) in [5, 5.41) is 12.0. The molecule has 0 aliphatic rings. The number of aliphatic hydroxyl groups excluding tert-OH is 1. The fourth-order valence-corrected chi connectivity index (χ4v) is 1.27. The maximum Gasteiger partial charge on any atom is 0.267 e. The number of nitrogens with one attached hydrogen (secondary N) is 2. The van der Waals surface area contributed by atoms with Crippen LogP contribution in [-0.2, 0) is 4.74 Å². The predicted octanol–water partition coefficient (Wildman–Crippen LogP) is -0.276. The summed E-state index contributed by atoms with van der Waals surface area (Å²) in [5.41, 5.74) is 6.40. The molecule has 6 nitrogen and oxygen atoms in total. The Balaban J connectivity index is 2.25. The normalized spacial score (nSPS) is 12.4. The average molecular weight is 227 g/mol. The number of amides is 1. The third-order valence-electron chi connectivity index (χ3n) is 2.07. The molecule has 0 bridgehead atoms. The summed E-state index contributed by atoms with van der Waals surface area (Å²) in [6.07, 6.45) is 1.45. The number of carbonyl (C=O) groups is 1. The van der Waals surface area contributed by atoms with E-state index in [1.807, 2.05) is 0 Å². The number of aromatic amines is 1. The van der Waals surface area contributed by atoms with E-state index in [0.717, 1.165) is 0 Å². The summed E-state index contributed by atoms with van der Waals surface area (Å²) < 4.78 is 4.76. The van der Waals surface area contributed by atoms with Gasteiger partial charge in [0.05, 0.1) is 12.7 Å². The van der Waals surface area contributed by atoms with Crippen LogP contribution in [0.4, 0.5) is 5.69 Å². The standard InChI is InChI=1S/C10H17N3O3/c1-16-6-8(14)2-3-12-10(15)9-4-7(11)5-13-9/h4-5,8,13-14H,2-3,6,11H2,1H3,(H,12,15). The Kier molecular flexibility index (Phi) is 4.81. The molecule has 1 amide bonds. The van der Waals surface area contributed by atoms with Crippen LogP contribution in [-0.4, -0.2) is 42.4 Å². The van der Waals surface area contributed by atoms with Gasteiger partial charge >= 0.3 is 0 Å². The van der Waals surface area contributed by atoms with Gasteiger partial charge in [-0.05, 0) is 12.5 Å². The molecular weight excluding hydrogens is 210 g/mol. The van der Waals surface area contributed by atoms with Gasteiger partial charge < -0.3 is 25.9 Å². The number of aliphatic hydroxyl groups is 1. The molecular formula is C10H17N3O3. The number of anilines is 1. The van der Waals surface area contributed by atoms with E-state index in [0.29, 0.717) is 24.3 Å². The van der Waals surface area contributed by atoms with Crippen molar-refractivity contribution in [1.82, 2.24) is 10.3 Å². The van der Waals surface area contributed by atoms with E-state index in [4.69, 9.17) is 10.5 Å². The van der Waals surface area contributed by atoms with E-state index in [-0.39, 0.29) is 12.5 Å². The molecule has 0 radical (unpaired) electrons. The van der Waals surface area contributed by atoms with Crippen molar-refractivity contribution >= 4 is 11.6 Å². The Morgan fingerprint density at radius 3 is 3.06 bits per heavy atom. The molecule has 1 heterocycles. The van der Waals surface area contributed by atoms with Crippen molar-refractivity contribution in [3.63, 3.8) is 0 Å². The van der Waals surface area contributed by atoms with Gasteiger partial charge in [0.25, 0.3) is 5.91 Å². The molecule has 1 atom stereocenters. The van der Waals surface area contributed by atoms with Crippen LogP contribution in [0.1, 0.15) is 16.9 Å². The van der Waals surface area contributed by atoms with Crippen LogP contribution in [0.2, 0.25) is 0 Å². The van der Waals surface area contributed by atoms with Gasteiger partial charge in [-0.2, -0.15) is 0 Å². The Hall–Kier alpha value is -1.53. The van der Waals surface area contributed by atoms with Crippen LogP contribution in [0.25, 0.3) is 0 Å². The first-order chi connectivity index (χ1) is 7.63. The van der Waals surface area contributed by atoms with Gasteiger partial charge in [-0.15, -0.1) is 0 Å². The van der Waals surface area contributed by atoms with Crippen molar-refractivity contribution in [3.05, 3.63) is 18.0 Å². The van der Waals surface area contributed by atoms with E-state index >= 15 is 0 Å². The zero-order valence-electron chi connectivity index (χ0n) is 9.19. The van der Waals surface area contributed by atoms with Crippen molar-refractivity contribution in [2.75, 3.05) is 26.0 Å². The Bertz CT molecular complexity index is 338. The number of nitrogens with two attached hydrogens (primary N) is 1. The molecule has 16 heavy (non-hydrogen) atoms. The fourth-order valence-electron chi connectivity index (χ4n) is 1.27. The SMILES string of the molecule is COCC(O)CCNC(=O)c1cc(N)c[nH]1. The van der Waals surface area contributed by atoms with Crippen LogP contribution >= 0.6 is 0 Å². The molecule has 0 aliphatic heterocycles. The monoisotopic (exact) mass is 227 g/mol. The van der Waals surface area contributed by atoms with Gasteiger partial charge in [-0.25, -0.2) is 0 Å². The van der Waals surface area contributed by atoms with E-state index < -0.39 is 6.10 Å². The molecule has 0 fully saturated rings. The number of methoxy groups -OCH3 is 1. The average Bonchev–Trinajstić information content (AvgIpc) is 2.65. The molecule has 0 aromatic carbocycles. The second-order valence-corrected chi connectivity index (χ2v) is 3.50. The first kappa shape index (κ1) is 12.5. The van der Waals surface area contributed by atoms with Crippen LogP contribution < -0.4 is 11.1 Å². The van der Waals surface area contributed by atoms with Crippen LogP contribution in [0, 0.1) is 0 Å². The molecule has 0 spiro atoms. The number of ether oxygens (including phenoxy) is 1. The summed E-state index contributed by atoms with van der Waals surface area (Å²) in [5.74, 6) is -0.235. The Labute approximate surface area is 93.8 Å². The molecule has 1 rings (SSSR count). The maximum atomic E-state index is 11.5. The Morgan fingerprint density at radius 1 is 1.75 bits per heavy atom. The lowest BCUT2D eigenvalue weighted by Gasteiger charge is -2.09. The molecule has 1 aromatic heterocycles. The molecule has 6 heteroatoms. The van der Waals surface area contributed by atoms with Crippen LogP contribution in [0.15, 0.2) is 12.3 Å². The predicted molar refractivity (Wildman–Crippen MR) is 60.0 cm³/mol. The first-order valence-electron chi connectivity index (χ1n) is 5.02. The van der Waals surface area contributed by atoms with Crippen LogP contribution in [0.3, 0.4) is 0 Å². The minimum Gasteiger partial charge on any atom is -0.397 e. The van der Waals surface area contributed by atoms with Crippen molar-refractivity contribution in [3.8, 4) is 0 Å². The van der Waals surface area contributed by atoms with Gasteiger partial charge in [0.15, 0.2) is 0 Å². The fraction of sp³-hybridized carbons (Fsp3) is 0.500. The van der Waals surface area contributed by atoms with E-state index in [9.17, 15) is 9.90 Å². The molecule has 90 valence electrons. The lowest BCUT2D eigenvalue weighted by atomic mass is 10.2. The molecule has 1 unspecified atom stereocenters. The van der Waals surface area contributed by atoms with Crippen molar-refractivity contribution in [2.24, 2.45) is 0 Å². The zero-order valence-corrected chi connectivity index (χ0v) is 9.19. The summed E-state index contributed by atoms with van der Waals surface area (Å²) in [7, 11) is 1.52. The number of rotatable bonds is 6. The number of nitrogen functional groups attached to an aromatic ring is 1. The minimum atomic E-state index is -0.556. The van der Waals surface area contributed by atoms with Crippen molar-refractivity contribution < 1.29 is 14.6 Å². The summed E-state index contributed by atoms with van der Waals surface area (Å²) >= 11 is 0. The van der Waals surface area contributed by atoms with Gasteiger partial charge in [0.1, 0.15) is 5.69 Å². The first-order valence-corrected chi connectivity index (χ1v) is 5.02. The molecule has 0 saturated carbocycles. The van der Waals surface area contributed by atoms with Crippen LogP contribution in [0.5, 0.6) is 0 Å². The highest BCUT2D eigenvalue weighted by molar-refractivity contribution is 5.93. The summed E-state index contributed by atoms with van der Waals surface area (Å²) in [6.45, 7) is 0.660. The molecule has 1 aromatic rings. The largest absolute Gasteiger partial charge is 0.397 e. The third-order valence-corrected chi connectivity index (χ3v) is 2.07. The summed E-state index contributed by atoms with van der Waals surface area (Å²) in [6, 6.07) is 1.56. The number of H-pyrrole nitrogens is 1. The highest BCUT2D eigenvalue weighted by Crippen LogP contribution is 2.03. The number of aromatic nitrogens is 1. The Morgan fingerprint density at radius 2 is 2.50 bits per heavy atom. The van der Waals surface area contributed by atoms with Gasteiger partial charge in [-0.3, -0.25) is 4.79 Å². The second-order valence-electron chi connectivity index (χ2n) is 3.50. The number of carbonyl (C=O) groups excluding carboxylic acids is 1. The lowest BCUT2D eigenvalue weighted by Crippen LogP contribution is -2.28. The van der Waals surface area contributed by atoms with Crippen molar-refractivity contribution in [2.45, 2.75) is 12.5 Å². The molecule has 0 saturated heterocycles. The highest BCUT2D eigenvalue weighted by atomic mass is 16.5. The topological polar surface area (TPSA) is 100 Å². The highest BCUT2D eigenvalue weighted by Gasteiger charge is 2.08. The second kappa shape index (κ2) is 6.14. The summed E-state index contributed by atoms with van der Waals surface area (Å²) in [4.78, 5) is 14.2. The van der Waals surface area contributed by atoms with Gasteiger partial charge in [0, 0.05) is 25.5 Å². The van der Waals surface area contributed by atoms with Gasteiger partial charge in [-0.1, -0.05) is 0 Å². The maximum absolute atomic E-state index is 11.5. The van der Waals surface area contributed by atoms with E-state index in [2.05, 4.69) is 10.3 Å². The molecule has 5 N–H and O–H groups in total. The smallest absolute Gasteiger partial charge is 0.267 e. The minimum absolute atomic E-state index is 0.235. The quantitative estimate of drug-likeness (QED) is 0.537. The van der Waals surface area contributed by atoms with Gasteiger partial charge in [0.2, 0.25) is 0 Å². The molecule has 0 aliphatic carbocycles. The zero-order chi connectivity index (χ0) is 12.0. The number of hydrogen-bond donors (Lipinski definition) is 4. The number of hydrogen-bond acceptors (Lipinski definition) is 4. The van der Waals surface area contributed by atoms with E-state index in [1.165, 1.54) is 7.11 Å². The van der Waals surface area contributed by atoms with E-state index in [1.54, 1.807) is 12.3 Å². The van der Waals surface area contributed by atoms with Crippen molar-refractivity contribution in [1.29, 1.82) is 0 Å². The lowest BCUT2D eigenvalue weighted by molar-refractivity contribution is 0.0587.